The molecule has 0 radical (unpaired) electrons. The van der Waals surface area contributed by atoms with Gasteiger partial charge in [0.15, 0.2) is 5.82 Å². The Morgan fingerprint density at radius 2 is 1.97 bits per heavy atom. The van der Waals surface area contributed by atoms with E-state index in [1.165, 1.54) is 6.07 Å². The first-order chi connectivity index (χ1) is 17.2. The number of hydrogen-bond acceptors (Lipinski definition) is 4. The number of imidazole rings is 1. The molecule has 4 unspecified atom stereocenters. The number of para-hydroxylation sites is 1. The summed E-state index contributed by atoms with van der Waals surface area (Å²) in [6.07, 6.45) is 4.58. The molecule has 3 N–H and O–H groups in total. The van der Waals surface area contributed by atoms with Gasteiger partial charge in [0.1, 0.15) is 17.4 Å². The van der Waals surface area contributed by atoms with Gasteiger partial charge in [0.05, 0.1) is 18.0 Å². The molecule has 1 aromatic heterocycles. The van der Waals surface area contributed by atoms with Gasteiger partial charge in [0.25, 0.3) is 0 Å². The maximum Gasteiger partial charge on any atom is 0.243 e. The highest BCUT2D eigenvalue weighted by Crippen LogP contribution is 2.44. The molecular weight excluding hydrogens is 461 g/mol. The van der Waals surface area contributed by atoms with Crippen molar-refractivity contribution in [1.82, 2.24) is 25.5 Å². The minimum Gasteiger partial charge on any atom is -0.345 e. The fourth-order valence-corrected chi connectivity index (χ4v) is 5.39. The van der Waals surface area contributed by atoms with Crippen molar-refractivity contribution < 1.29 is 18.8 Å². The molecule has 36 heavy (non-hydrogen) atoms. The van der Waals surface area contributed by atoms with E-state index >= 15 is 0 Å². The number of likely N-dealkylation sites (tertiary alicyclic amines) is 1. The molecule has 3 amide bonds. The van der Waals surface area contributed by atoms with Gasteiger partial charge in [0.2, 0.25) is 17.7 Å². The maximum atomic E-state index is 14.1. The lowest BCUT2D eigenvalue weighted by Crippen LogP contribution is -2.52. The molecule has 2 aromatic rings. The van der Waals surface area contributed by atoms with Crippen molar-refractivity contribution >= 4 is 28.8 Å². The van der Waals surface area contributed by atoms with Gasteiger partial charge >= 0.3 is 0 Å². The number of carbonyl (C=O) groups excluding carboxylic acids is 3. The number of halogens is 1. The third-order valence-electron chi connectivity index (χ3n) is 7.71. The third kappa shape index (κ3) is 5.71. The lowest BCUT2D eigenvalue weighted by molar-refractivity contribution is -0.139. The zero-order chi connectivity index (χ0) is 26.0. The van der Waals surface area contributed by atoms with Gasteiger partial charge in [-0.2, -0.15) is 0 Å². The molecule has 2 heterocycles. The number of aromatic nitrogens is 2. The second kappa shape index (κ2) is 11.0. The Kier molecular flexibility index (Phi) is 7.95. The van der Waals surface area contributed by atoms with Crippen molar-refractivity contribution in [1.29, 1.82) is 0 Å². The summed E-state index contributed by atoms with van der Waals surface area (Å²) in [5.74, 6) is -0.199. The van der Waals surface area contributed by atoms with Gasteiger partial charge < -0.3 is 20.5 Å². The number of nitrogens with zero attached hydrogens (tertiary/aromatic N) is 2. The first-order valence-corrected chi connectivity index (χ1v) is 13.2. The Morgan fingerprint density at radius 3 is 2.64 bits per heavy atom. The average Bonchev–Trinajstić information content (AvgIpc) is 3.55. The first kappa shape index (κ1) is 26.1. The highest BCUT2D eigenvalue weighted by molar-refractivity contribution is 5.93. The quantitative estimate of drug-likeness (QED) is 0.487. The average molecular weight is 500 g/mol. The molecular formula is C27H38FN5O3. The van der Waals surface area contributed by atoms with Gasteiger partial charge in [0, 0.05) is 18.5 Å². The van der Waals surface area contributed by atoms with E-state index in [9.17, 15) is 18.8 Å². The van der Waals surface area contributed by atoms with Crippen LogP contribution in [0.4, 0.5) is 4.39 Å². The van der Waals surface area contributed by atoms with Crippen molar-refractivity contribution in [3.8, 4) is 0 Å². The molecule has 4 rings (SSSR count). The number of carbonyl (C=O) groups is 3. The Hall–Kier alpha value is -2.97. The normalized spacial score (nSPS) is 23.4. The summed E-state index contributed by atoms with van der Waals surface area (Å²) in [4.78, 5) is 48.8. The minimum absolute atomic E-state index is 0.0887. The summed E-state index contributed by atoms with van der Waals surface area (Å²) in [6.45, 7) is 8.66. The summed E-state index contributed by atoms with van der Waals surface area (Å²) < 4.78 is 14.1. The predicted octanol–water partition coefficient (Wildman–Crippen LogP) is 3.84. The van der Waals surface area contributed by atoms with Crippen LogP contribution in [0.15, 0.2) is 18.2 Å². The predicted molar refractivity (Wildman–Crippen MR) is 135 cm³/mol. The van der Waals surface area contributed by atoms with Crippen molar-refractivity contribution in [2.75, 3.05) is 6.54 Å². The Bertz CT molecular complexity index is 1120. The van der Waals surface area contributed by atoms with Gasteiger partial charge in [-0.25, -0.2) is 9.37 Å². The Labute approximate surface area is 211 Å². The summed E-state index contributed by atoms with van der Waals surface area (Å²) in [7, 11) is 0. The SMILES string of the molecule is CC[C@H]1CCCCN1C(=O)CC(NC(=O)C1CC1C(C)C)C(=O)NC(C)c1nc2c(F)cccc2[nH]1. The van der Waals surface area contributed by atoms with Crippen LogP contribution in [0.1, 0.15) is 78.1 Å². The number of piperidine rings is 1. The lowest BCUT2D eigenvalue weighted by atomic mass is 9.98. The van der Waals surface area contributed by atoms with Gasteiger partial charge in [-0.3, -0.25) is 14.4 Å². The van der Waals surface area contributed by atoms with Gasteiger partial charge in [-0.1, -0.05) is 26.8 Å². The van der Waals surface area contributed by atoms with Crippen LogP contribution in [0.25, 0.3) is 11.0 Å². The summed E-state index contributed by atoms with van der Waals surface area (Å²) in [6, 6.07) is 3.26. The number of amides is 3. The van der Waals surface area contributed by atoms with Crippen LogP contribution in [0, 0.1) is 23.6 Å². The van der Waals surface area contributed by atoms with E-state index < -0.39 is 23.8 Å². The van der Waals surface area contributed by atoms with Crippen LogP contribution < -0.4 is 10.6 Å². The maximum absolute atomic E-state index is 14.1. The standard InChI is InChI=1S/C27H38FN5O3/c1-5-17-9-6-7-12-33(17)23(34)14-22(31-26(35)19-13-18(19)15(2)3)27(36)29-16(4)25-30-21-11-8-10-20(28)24(21)32-25/h8,10-11,15-19,22H,5-7,9,12-14H2,1-4H3,(H,29,36)(H,30,32)(H,31,35)/t16?,17-,18?,19?,22?/m0/s1. The van der Waals surface area contributed by atoms with Crippen molar-refractivity contribution in [3.63, 3.8) is 0 Å². The molecule has 1 aliphatic carbocycles. The second-order valence-corrected chi connectivity index (χ2v) is 10.6. The Balaban J connectivity index is 1.48. The molecule has 1 saturated carbocycles. The zero-order valence-corrected chi connectivity index (χ0v) is 21.6. The second-order valence-electron chi connectivity index (χ2n) is 10.6. The number of fused-ring (bicyclic) bond motifs is 1. The van der Waals surface area contributed by atoms with Crippen LogP contribution in [0.2, 0.25) is 0 Å². The molecule has 0 spiro atoms. The molecule has 5 atom stereocenters. The number of aromatic amines is 1. The number of H-pyrrole nitrogens is 1. The molecule has 0 bridgehead atoms. The number of nitrogens with one attached hydrogen (secondary N) is 3. The fraction of sp³-hybridized carbons (Fsp3) is 0.630. The van der Waals surface area contributed by atoms with Crippen LogP contribution in [0.5, 0.6) is 0 Å². The van der Waals surface area contributed by atoms with Crippen LogP contribution in [-0.2, 0) is 14.4 Å². The number of rotatable bonds is 9. The van der Waals surface area contributed by atoms with E-state index in [2.05, 4.69) is 41.4 Å². The molecule has 2 aliphatic rings. The molecule has 2 fully saturated rings. The number of benzene rings is 1. The fourth-order valence-electron chi connectivity index (χ4n) is 5.39. The largest absolute Gasteiger partial charge is 0.345 e. The topological polar surface area (TPSA) is 107 Å². The van der Waals surface area contributed by atoms with Crippen molar-refractivity contribution in [2.45, 2.75) is 84.3 Å². The van der Waals surface area contributed by atoms with E-state index in [1.54, 1.807) is 19.1 Å². The van der Waals surface area contributed by atoms with E-state index in [-0.39, 0.29) is 35.7 Å². The van der Waals surface area contributed by atoms with Crippen LogP contribution >= 0.6 is 0 Å². The first-order valence-electron chi connectivity index (χ1n) is 13.2. The molecule has 1 aromatic carbocycles. The van der Waals surface area contributed by atoms with E-state index in [0.29, 0.717) is 29.7 Å². The van der Waals surface area contributed by atoms with E-state index in [1.807, 2.05) is 4.90 Å². The smallest absolute Gasteiger partial charge is 0.243 e. The minimum atomic E-state index is -0.985. The van der Waals surface area contributed by atoms with Crippen molar-refractivity contribution in [2.24, 2.45) is 17.8 Å². The summed E-state index contributed by atoms with van der Waals surface area (Å²) in [5.41, 5.74) is 0.744. The molecule has 196 valence electrons. The molecule has 1 aliphatic heterocycles. The molecule has 1 saturated heterocycles. The highest BCUT2D eigenvalue weighted by atomic mass is 19.1. The summed E-state index contributed by atoms with van der Waals surface area (Å²) in [5, 5.41) is 5.74. The highest BCUT2D eigenvalue weighted by Gasteiger charge is 2.45. The lowest BCUT2D eigenvalue weighted by Gasteiger charge is -2.36. The summed E-state index contributed by atoms with van der Waals surface area (Å²) >= 11 is 0. The van der Waals surface area contributed by atoms with Gasteiger partial charge in [-0.05, 0) is 63.0 Å². The zero-order valence-electron chi connectivity index (χ0n) is 21.6. The monoisotopic (exact) mass is 499 g/mol. The molecule has 9 heteroatoms. The van der Waals surface area contributed by atoms with Crippen LogP contribution in [-0.4, -0.2) is 51.2 Å². The van der Waals surface area contributed by atoms with E-state index in [4.69, 9.17) is 0 Å². The van der Waals surface area contributed by atoms with Crippen LogP contribution in [0.3, 0.4) is 0 Å². The Morgan fingerprint density at radius 1 is 1.19 bits per heavy atom. The number of hydrogen-bond donors (Lipinski definition) is 3. The van der Waals surface area contributed by atoms with Crippen molar-refractivity contribution in [3.05, 3.63) is 29.8 Å². The molecule has 8 nitrogen and oxygen atoms in total. The third-order valence-corrected chi connectivity index (χ3v) is 7.71. The van der Waals surface area contributed by atoms with E-state index in [0.717, 1.165) is 32.1 Å². The van der Waals surface area contributed by atoms with Gasteiger partial charge in [-0.15, -0.1) is 0 Å².